The Morgan fingerprint density at radius 1 is 1.35 bits per heavy atom. The second-order valence-corrected chi connectivity index (χ2v) is 6.13. The molecule has 0 radical (unpaired) electrons. The molecule has 3 rings (SSSR count). The normalized spacial score (nSPS) is 30.0. The van der Waals surface area contributed by atoms with E-state index in [4.69, 9.17) is 4.74 Å². The minimum Gasteiger partial charge on any atom is -0.491 e. The first-order chi connectivity index (χ1) is 9.79. The molecular formula is C17H26N2O. The van der Waals surface area contributed by atoms with E-state index in [1.165, 1.54) is 31.4 Å². The molecule has 110 valence electrons. The molecule has 20 heavy (non-hydrogen) atoms. The fourth-order valence-corrected chi connectivity index (χ4v) is 3.61. The molecule has 0 aliphatic carbocycles. The zero-order chi connectivity index (χ0) is 13.9. The minimum atomic E-state index is 0.452. The van der Waals surface area contributed by atoms with Crippen molar-refractivity contribution in [3.8, 4) is 5.75 Å². The standard InChI is InChI=1S/C17H26N2O/c1-3-9-18-14-8-10-19(13(2)11-14)16-12-20-17-7-5-4-6-15(16)17/h4-7,13-14,16,18H,3,8-12H2,1-2H3. The van der Waals surface area contributed by atoms with Gasteiger partial charge < -0.3 is 10.1 Å². The van der Waals surface area contributed by atoms with E-state index in [0.717, 1.165) is 18.9 Å². The van der Waals surface area contributed by atoms with Gasteiger partial charge in [0.05, 0.1) is 6.04 Å². The van der Waals surface area contributed by atoms with Gasteiger partial charge in [0.25, 0.3) is 0 Å². The molecule has 2 heterocycles. The molecule has 3 nitrogen and oxygen atoms in total. The number of hydrogen-bond acceptors (Lipinski definition) is 3. The second-order valence-electron chi connectivity index (χ2n) is 6.13. The lowest BCUT2D eigenvalue weighted by molar-refractivity contribution is 0.0747. The van der Waals surface area contributed by atoms with Gasteiger partial charge in [-0.15, -0.1) is 0 Å². The van der Waals surface area contributed by atoms with Gasteiger partial charge in [0, 0.05) is 24.2 Å². The molecule has 1 aromatic rings. The molecule has 0 aromatic heterocycles. The predicted molar refractivity (Wildman–Crippen MR) is 82.2 cm³/mol. The summed E-state index contributed by atoms with van der Waals surface area (Å²) in [6, 6.07) is 10.3. The summed E-state index contributed by atoms with van der Waals surface area (Å²) in [6.07, 6.45) is 3.72. The summed E-state index contributed by atoms with van der Waals surface area (Å²) in [5.74, 6) is 1.08. The maximum atomic E-state index is 5.85. The average molecular weight is 274 g/mol. The Balaban J connectivity index is 1.65. The number of fused-ring (bicyclic) bond motifs is 1. The highest BCUT2D eigenvalue weighted by atomic mass is 16.5. The monoisotopic (exact) mass is 274 g/mol. The number of nitrogens with zero attached hydrogens (tertiary/aromatic N) is 1. The van der Waals surface area contributed by atoms with Gasteiger partial charge in [0.2, 0.25) is 0 Å². The Hall–Kier alpha value is -1.06. The van der Waals surface area contributed by atoms with Crippen LogP contribution in [0.15, 0.2) is 24.3 Å². The average Bonchev–Trinajstić information content (AvgIpc) is 2.89. The topological polar surface area (TPSA) is 24.5 Å². The van der Waals surface area contributed by atoms with Crippen LogP contribution in [0.3, 0.4) is 0 Å². The molecule has 3 atom stereocenters. The van der Waals surface area contributed by atoms with Crippen molar-refractivity contribution in [2.24, 2.45) is 0 Å². The fraction of sp³-hybridized carbons (Fsp3) is 0.647. The van der Waals surface area contributed by atoms with Gasteiger partial charge in [0.1, 0.15) is 12.4 Å². The lowest BCUT2D eigenvalue weighted by Crippen LogP contribution is -2.49. The molecular weight excluding hydrogens is 248 g/mol. The fourth-order valence-electron chi connectivity index (χ4n) is 3.61. The van der Waals surface area contributed by atoms with Crippen molar-refractivity contribution in [2.75, 3.05) is 19.7 Å². The van der Waals surface area contributed by atoms with Gasteiger partial charge in [-0.05, 0) is 38.8 Å². The van der Waals surface area contributed by atoms with Crippen LogP contribution in [-0.4, -0.2) is 36.7 Å². The van der Waals surface area contributed by atoms with Crippen molar-refractivity contribution in [3.05, 3.63) is 29.8 Å². The van der Waals surface area contributed by atoms with Crippen molar-refractivity contribution in [2.45, 2.75) is 51.2 Å². The van der Waals surface area contributed by atoms with Crippen LogP contribution < -0.4 is 10.1 Å². The first-order valence-electron chi connectivity index (χ1n) is 8.00. The molecule has 3 heteroatoms. The van der Waals surface area contributed by atoms with Crippen LogP contribution in [0.2, 0.25) is 0 Å². The van der Waals surface area contributed by atoms with Gasteiger partial charge in [-0.1, -0.05) is 25.1 Å². The first-order valence-corrected chi connectivity index (χ1v) is 8.00. The van der Waals surface area contributed by atoms with E-state index >= 15 is 0 Å². The quantitative estimate of drug-likeness (QED) is 0.913. The van der Waals surface area contributed by atoms with E-state index in [1.807, 2.05) is 0 Å². The van der Waals surface area contributed by atoms with E-state index in [1.54, 1.807) is 0 Å². The van der Waals surface area contributed by atoms with Crippen LogP contribution in [0.4, 0.5) is 0 Å². The number of ether oxygens (including phenoxy) is 1. The second kappa shape index (κ2) is 6.15. The molecule has 1 aromatic carbocycles. The smallest absolute Gasteiger partial charge is 0.124 e. The highest BCUT2D eigenvalue weighted by Crippen LogP contribution is 2.38. The number of para-hydroxylation sites is 1. The van der Waals surface area contributed by atoms with E-state index in [2.05, 4.69) is 48.3 Å². The van der Waals surface area contributed by atoms with E-state index < -0.39 is 0 Å². The molecule has 2 aliphatic rings. The summed E-state index contributed by atoms with van der Waals surface area (Å²) < 4.78 is 5.85. The number of hydrogen-bond donors (Lipinski definition) is 1. The van der Waals surface area contributed by atoms with Crippen LogP contribution in [-0.2, 0) is 0 Å². The Kier molecular flexibility index (Phi) is 4.27. The Bertz CT molecular complexity index is 448. The Labute approximate surface area is 122 Å². The SMILES string of the molecule is CCCNC1CCN(C2COc3ccccc32)C(C)C1. The predicted octanol–water partition coefficient (Wildman–Crippen LogP) is 2.97. The lowest BCUT2D eigenvalue weighted by Gasteiger charge is -2.41. The molecule has 0 amide bonds. The van der Waals surface area contributed by atoms with Gasteiger partial charge in [-0.3, -0.25) is 4.90 Å². The maximum absolute atomic E-state index is 5.85. The van der Waals surface area contributed by atoms with Crippen molar-refractivity contribution in [3.63, 3.8) is 0 Å². The number of likely N-dealkylation sites (tertiary alicyclic amines) is 1. The highest BCUT2D eigenvalue weighted by molar-refractivity contribution is 5.39. The van der Waals surface area contributed by atoms with Gasteiger partial charge in [-0.25, -0.2) is 0 Å². The largest absolute Gasteiger partial charge is 0.491 e. The third-order valence-corrected chi connectivity index (χ3v) is 4.69. The molecule has 1 N–H and O–H groups in total. The molecule has 3 unspecified atom stereocenters. The summed E-state index contributed by atoms with van der Waals surface area (Å²) in [4.78, 5) is 2.63. The molecule has 0 bridgehead atoms. The summed E-state index contributed by atoms with van der Waals surface area (Å²) in [5, 5.41) is 3.67. The van der Waals surface area contributed by atoms with Crippen molar-refractivity contribution >= 4 is 0 Å². The van der Waals surface area contributed by atoms with Crippen LogP contribution in [0.5, 0.6) is 5.75 Å². The molecule has 2 aliphatic heterocycles. The summed E-state index contributed by atoms with van der Waals surface area (Å²) in [7, 11) is 0. The maximum Gasteiger partial charge on any atom is 0.124 e. The molecule has 1 fully saturated rings. The van der Waals surface area contributed by atoms with E-state index in [9.17, 15) is 0 Å². The number of piperidine rings is 1. The van der Waals surface area contributed by atoms with E-state index in [0.29, 0.717) is 18.1 Å². The van der Waals surface area contributed by atoms with Gasteiger partial charge >= 0.3 is 0 Å². The summed E-state index contributed by atoms with van der Waals surface area (Å²) in [5.41, 5.74) is 1.37. The zero-order valence-electron chi connectivity index (χ0n) is 12.6. The third kappa shape index (κ3) is 2.70. The van der Waals surface area contributed by atoms with Gasteiger partial charge in [-0.2, -0.15) is 0 Å². The molecule has 0 spiro atoms. The minimum absolute atomic E-state index is 0.452. The summed E-state index contributed by atoms with van der Waals surface area (Å²) in [6.45, 7) is 7.73. The first kappa shape index (κ1) is 13.9. The van der Waals surface area contributed by atoms with Crippen LogP contribution in [0, 0.1) is 0 Å². The highest BCUT2D eigenvalue weighted by Gasteiger charge is 2.35. The third-order valence-electron chi connectivity index (χ3n) is 4.69. The van der Waals surface area contributed by atoms with Crippen LogP contribution in [0.25, 0.3) is 0 Å². The van der Waals surface area contributed by atoms with Crippen molar-refractivity contribution in [1.82, 2.24) is 10.2 Å². The van der Waals surface area contributed by atoms with Crippen LogP contribution in [0.1, 0.15) is 44.7 Å². The molecule has 1 saturated heterocycles. The van der Waals surface area contributed by atoms with Crippen molar-refractivity contribution < 1.29 is 4.74 Å². The lowest BCUT2D eigenvalue weighted by atomic mass is 9.94. The Morgan fingerprint density at radius 2 is 2.20 bits per heavy atom. The van der Waals surface area contributed by atoms with Crippen LogP contribution >= 0.6 is 0 Å². The Morgan fingerprint density at radius 3 is 3.00 bits per heavy atom. The van der Waals surface area contributed by atoms with Gasteiger partial charge in [0.15, 0.2) is 0 Å². The molecule has 0 saturated carbocycles. The number of nitrogens with one attached hydrogen (secondary N) is 1. The number of rotatable bonds is 4. The van der Waals surface area contributed by atoms with E-state index in [-0.39, 0.29) is 0 Å². The summed E-state index contributed by atoms with van der Waals surface area (Å²) >= 11 is 0. The van der Waals surface area contributed by atoms with Crippen molar-refractivity contribution in [1.29, 1.82) is 0 Å². The number of benzene rings is 1. The zero-order valence-corrected chi connectivity index (χ0v) is 12.6.